The predicted molar refractivity (Wildman–Crippen MR) is 83.0 cm³/mol. The topological polar surface area (TPSA) is 18.5 Å². The van der Waals surface area contributed by atoms with Crippen LogP contribution < -0.4 is 10.2 Å². The number of nitrogens with zero attached hydrogens (tertiary/aromatic N) is 2. The second kappa shape index (κ2) is 6.92. The summed E-state index contributed by atoms with van der Waals surface area (Å²) in [5, 5.41) is 3.41. The van der Waals surface area contributed by atoms with Crippen molar-refractivity contribution in [3.8, 4) is 0 Å². The highest BCUT2D eigenvalue weighted by Crippen LogP contribution is 2.15. The van der Waals surface area contributed by atoms with Gasteiger partial charge in [-0.05, 0) is 31.0 Å². The Labute approximate surface area is 117 Å². The Bertz CT molecular complexity index is 368. The van der Waals surface area contributed by atoms with Gasteiger partial charge in [0.15, 0.2) is 0 Å². The molecule has 19 heavy (non-hydrogen) atoms. The normalized spacial score (nSPS) is 18.3. The molecule has 1 aromatic rings. The van der Waals surface area contributed by atoms with Crippen molar-refractivity contribution >= 4 is 5.69 Å². The van der Waals surface area contributed by atoms with E-state index in [1.165, 1.54) is 24.3 Å². The lowest BCUT2D eigenvalue weighted by molar-refractivity contribution is 0.187. The molecule has 0 radical (unpaired) electrons. The highest BCUT2D eigenvalue weighted by atomic mass is 15.2. The third kappa shape index (κ3) is 3.95. The molecule has 1 aliphatic rings. The molecule has 1 unspecified atom stereocenters. The summed E-state index contributed by atoms with van der Waals surface area (Å²) in [7, 11) is 2.19. The van der Waals surface area contributed by atoms with Gasteiger partial charge in [-0.1, -0.05) is 19.1 Å². The van der Waals surface area contributed by atoms with Crippen molar-refractivity contribution in [2.45, 2.75) is 26.3 Å². The molecule has 3 nitrogen and oxygen atoms in total. The maximum atomic E-state index is 3.41. The molecule has 2 rings (SSSR count). The molecule has 1 fully saturated rings. The first-order chi connectivity index (χ1) is 9.20. The van der Waals surface area contributed by atoms with Crippen LogP contribution in [0.15, 0.2) is 24.3 Å². The van der Waals surface area contributed by atoms with Crippen molar-refractivity contribution in [1.29, 1.82) is 0 Å². The summed E-state index contributed by atoms with van der Waals surface area (Å²) in [6.07, 6.45) is 1.11. The van der Waals surface area contributed by atoms with Crippen LogP contribution in [0.2, 0.25) is 0 Å². The zero-order chi connectivity index (χ0) is 13.7. The van der Waals surface area contributed by atoms with E-state index in [0.29, 0.717) is 6.04 Å². The number of aryl methyl sites for hydroxylation is 1. The molecule has 1 saturated heterocycles. The van der Waals surface area contributed by atoms with E-state index in [-0.39, 0.29) is 0 Å². The van der Waals surface area contributed by atoms with Gasteiger partial charge in [0.2, 0.25) is 0 Å². The van der Waals surface area contributed by atoms with Crippen LogP contribution in [0.25, 0.3) is 0 Å². The van der Waals surface area contributed by atoms with Gasteiger partial charge < -0.3 is 10.2 Å². The second-order valence-corrected chi connectivity index (χ2v) is 5.54. The minimum Gasteiger partial charge on any atom is -0.373 e. The number of hydrogen-bond donors (Lipinski definition) is 1. The van der Waals surface area contributed by atoms with Gasteiger partial charge in [0, 0.05) is 51.5 Å². The van der Waals surface area contributed by atoms with Crippen molar-refractivity contribution in [1.82, 2.24) is 10.2 Å². The van der Waals surface area contributed by atoms with Crippen LogP contribution in [-0.2, 0) is 6.42 Å². The summed E-state index contributed by atoms with van der Waals surface area (Å²) in [6.45, 7) is 10.2. The van der Waals surface area contributed by atoms with Crippen LogP contribution in [0, 0.1) is 0 Å². The average Bonchev–Trinajstić information content (AvgIpc) is 2.48. The fourth-order valence-corrected chi connectivity index (χ4v) is 2.73. The summed E-state index contributed by atoms with van der Waals surface area (Å²) in [5.74, 6) is 0. The molecule has 0 saturated carbocycles. The maximum Gasteiger partial charge on any atom is 0.0364 e. The summed E-state index contributed by atoms with van der Waals surface area (Å²) in [5.41, 5.74) is 2.73. The third-order valence-electron chi connectivity index (χ3n) is 4.10. The number of nitrogens with one attached hydrogen (secondary N) is 1. The SMILES string of the molecule is CCc1ccc(N(C)CC(C)N2CCNCC2)cc1. The fraction of sp³-hybridized carbons (Fsp3) is 0.625. The molecule has 0 amide bonds. The molecule has 1 atom stereocenters. The first kappa shape index (κ1) is 14.4. The molecule has 0 aliphatic carbocycles. The molecule has 1 N–H and O–H groups in total. The van der Waals surface area contributed by atoms with Gasteiger partial charge >= 0.3 is 0 Å². The number of piperazine rings is 1. The monoisotopic (exact) mass is 261 g/mol. The minimum absolute atomic E-state index is 0.609. The lowest BCUT2D eigenvalue weighted by Crippen LogP contribution is -2.50. The standard InChI is InChI=1S/C16H27N3/c1-4-15-5-7-16(8-6-15)18(3)13-14(2)19-11-9-17-10-12-19/h5-8,14,17H,4,9-13H2,1-3H3. The lowest BCUT2D eigenvalue weighted by atomic mass is 10.1. The van der Waals surface area contributed by atoms with E-state index < -0.39 is 0 Å². The summed E-state index contributed by atoms with van der Waals surface area (Å²) < 4.78 is 0. The van der Waals surface area contributed by atoms with Crippen LogP contribution in [0.4, 0.5) is 5.69 Å². The van der Waals surface area contributed by atoms with Crippen molar-refractivity contribution in [3.05, 3.63) is 29.8 Å². The number of likely N-dealkylation sites (N-methyl/N-ethyl adjacent to an activating group) is 1. The number of rotatable bonds is 5. The van der Waals surface area contributed by atoms with Crippen LogP contribution >= 0.6 is 0 Å². The Kier molecular flexibility index (Phi) is 5.23. The Morgan fingerprint density at radius 3 is 2.42 bits per heavy atom. The summed E-state index contributed by atoms with van der Waals surface area (Å²) in [4.78, 5) is 4.94. The van der Waals surface area contributed by atoms with Crippen molar-refractivity contribution < 1.29 is 0 Å². The van der Waals surface area contributed by atoms with Crippen LogP contribution in [-0.4, -0.2) is 50.7 Å². The molecular weight excluding hydrogens is 234 g/mol. The number of benzene rings is 1. The third-order valence-corrected chi connectivity index (χ3v) is 4.10. The van der Waals surface area contributed by atoms with E-state index in [0.717, 1.165) is 26.1 Å². The van der Waals surface area contributed by atoms with Gasteiger partial charge in [-0.2, -0.15) is 0 Å². The van der Waals surface area contributed by atoms with E-state index in [9.17, 15) is 0 Å². The fourth-order valence-electron chi connectivity index (χ4n) is 2.73. The molecule has 1 aromatic carbocycles. The molecule has 1 heterocycles. The molecular formula is C16H27N3. The Morgan fingerprint density at radius 2 is 1.84 bits per heavy atom. The molecule has 0 bridgehead atoms. The highest BCUT2D eigenvalue weighted by molar-refractivity contribution is 5.47. The maximum absolute atomic E-state index is 3.41. The zero-order valence-corrected chi connectivity index (χ0v) is 12.5. The van der Waals surface area contributed by atoms with Gasteiger partial charge in [0.05, 0.1) is 0 Å². The highest BCUT2D eigenvalue weighted by Gasteiger charge is 2.17. The minimum atomic E-state index is 0.609. The van der Waals surface area contributed by atoms with Gasteiger partial charge in [0.1, 0.15) is 0 Å². The molecule has 106 valence electrons. The molecule has 1 aliphatic heterocycles. The van der Waals surface area contributed by atoms with Gasteiger partial charge in [-0.15, -0.1) is 0 Å². The summed E-state index contributed by atoms with van der Waals surface area (Å²) >= 11 is 0. The Balaban J connectivity index is 1.89. The van der Waals surface area contributed by atoms with E-state index >= 15 is 0 Å². The van der Waals surface area contributed by atoms with Crippen LogP contribution in [0.1, 0.15) is 19.4 Å². The molecule has 0 aromatic heterocycles. The van der Waals surface area contributed by atoms with E-state index in [1.807, 2.05) is 0 Å². The Hall–Kier alpha value is -1.06. The smallest absolute Gasteiger partial charge is 0.0364 e. The quantitative estimate of drug-likeness (QED) is 0.874. The van der Waals surface area contributed by atoms with Crippen molar-refractivity contribution in [2.75, 3.05) is 44.7 Å². The molecule has 0 spiro atoms. The van der Waals surface area contributed by atoms with Gasteiger partial charge in [-0.25, -0.2) is 0 Å². The average molecular weight is 261 g/mol. The number of hydrogen-bond acceptors (Lipinski definition) is 3. The molecule has 3 heteroatoms. The summed E-state index contributed by atoms with van der Waals surface area (Å²) in [6, 6.07) is 9.56. The van der Waals surface area contributed by atoms with Crippen molar-refractivity contribution in [3.63, 3.8) is 0 Å². The van der Waals surface area contributed by atoms with Crippen LogP contribution in [0.5, 0.6) is 0 Å². The van der Waals surface area contributed by atoms with E-state index in [2.05, 4.69) is 60.3 Å². The van der Waals surface area contributed by atoms with E-state index in [1.54, 1.807) is 0 Å². The van der Waals surface area contributed by atoms with Crippen molar-refractivity contribution in [2.24, 2.45) is 0 Å². The largest absolute Gasteiger partial charge is 0.373 e. The Morgan fingerprint density at radius 1 is 1.21 bits per heavy atom. The number of anilines is 1. The van der Waals surface area contributed by atoms with Gasteiger partial charge in [-0.3, -0.25) is 4.90 Å². The van der Waals surface area contributed by atoms with Crippen LogP contribution in [0.3, 0.4) is 0 Å². The van der Waals surface area contributed by atoms with Gasteiger partial charge in [0.25, 0.3) is 0 Å². The second-order valence-electron chi connectivity index (χ2n) is 5.54. The predicted octanol–water partition coefficient (Wildman–Crippen LogP) is 1.98. The zero-order valence-electron chi connectivity index (χ0n) is 12.5. The van der Waals surface area contributed by atoms with E-state index in [4.69, 9.17) is 0 Å². The lowest BCUT2D eigenvalue weighted by Gasteiger charge is -2.35. The first-order valence-corrected chi connectivity index (χ1v) is 7.45. The first-order valence-electron chi connectivity index (χ1n) is 7.45.